The number of nitrogens with two attached hydrogens (primary N) is 1. The minimum absolute atomic E-state index is 0.310. The van der Waals surface area contributed by atoms with E-state index in [1.165, 1.54) is 38.6 Å². The van der Waals surface area contributed by atoms with Gasteiger partial charge in [0.15, 0.2) is 0 Å². The van der Waals surface area contributed by atoms with Crippen LogP contribution in [0.3, 0.4) is 0 Å². The lowest BCUT2D eigenvalue weighted by Gasteiger charge is -2.48. The highest BCUT2D eigenvalue weighted by molar-refractivity contribution is 4.95. The molecule has 1 rings (SSSR count). The molecule has 2 heteroatoms. The van der Waals surface area contributed by atoms with Gasteiger partial charge in [-0.2, -0.15) is 0 Å². The SMILES string of the molecule is CCC1CCC(CN)(N(CC)CC(C)C)CC1. The number of rotatable bonds is 6. The average Bonchev–Trinajstić information content (AvgIpc) is 2.35. The molecule has 0 aromatic carbocycles. The van der Waals surface area contributed by atoms with E-state index in [1.54, 1.807) is 0 Å². The van der Waals surface area contributed by atoms with E-state index >= 15 is 0 Å². The van der Waals surface area contributed by atoms with Gasteiger partial charge in [-0.25, -0.2) is 0 Å². The predicted molar refractivity (Wildman–Crippen MR) is 76.1 cm³/mol. The van der Waals surface area contributed by atoms with Crippen molar-refractivity contribution >= 4 is 0 Å². The maximum Gasteiger partial charge on any atom is 0.0331 e. The Morgan fingerprint density at radius 1 is 1.24 bits per heavy atom. The van der Waals surface area contributed by atoms with E-state index < -0.39 is 0 Å². The zero-order valence-corrected chi connectivity index (χ0v) is 12.3. The quantitative estimate of drug-likeness (QED) is 0.772. The Bertz CT molecular complexity index is 205. The molecule has 1 fully saturated rings. The summed E-state index contributed by atoms with van der Waals surface area (Å²) in [7, 11) is 0. The summed E-state index contributed by atoms with van der Waals surface area (Å²) >= 11 is 0. The molecule has 0 spiro atoms. The first-order valence-electron chi connectivity index (χ1n) is 7.53. The van der Waals surface area contributed by atoms with Gasteiger partial charge in [0, 0.05) is 18.6 Å². The maximum absolute atomic E-state index is 6.14. The van der Waals surface area contributed by atoms with Gasteiger partial charge in [0.25, 0.3) is 0 Å². The fourth-order valence-electron chi connectivity index (χ4n) is 3.37. The molecule has 0 unspecified atom stereocenters. The molecule has 0 amide bonds. The third-order valence-corrected chi connectivity index (χ3v) is 4.63. The third kappa shape index (κ3) is 3.69. The standard InChI is InChI=1S/C15H32N2/c1-5-14-7-9-15(12-16,10-8-14)17(6-2)11-13(3)4/h13-14H,5-12,16H2,1-4H3. The van der Waals surface area contributed by atoms with Crippen LogP contribution in [0.1, 0.15) is 59.8 Å². The van der Waals surface area contributed by atoms with Crippen LogP contribution < -0.4 is 5.73 Å². The molecular formula is C15H32N2. The number of likely N-dealkylation sites (N-methyl/N-ethyl adjacent to an activating group) is 1. The number of hydrogen-bond acceptors (Lipinski definition) is 2. The molecule has 0 bridgehead atoms. The largest absolute Gasteiger partial charge is 0.329 e. The minimum atomic E-state index is 0.310. The predicted octanol–water partition coefficient (Wildman–Crippen LogP) is 3.26. The number of hydrogen-bond donors (Lipinski definition) is 1. The molecule has 0 radical (unpaired) electrons. The second-order valence-corrected chi connectivity index (χ2v) is 6.21. The highest BCUT2D eigenvalue weighted by Gasteiger charge is 2.38. The summed E-state index contributed by atoms with van der Waals surface area (Å²) in [5.41, 5.74) is 6.45. The molecule has 17 heavy (non-hydrogen) atoms. The van der Waals surface area contributed by atoms with Crippen molar-refractivity contribution in [2.75, 3.05) is 19.6 Å². The lowest BCUT2D eigenvalue weighted by atomic mass is 9.74. The van der Waals surface area contributed by atoms with Crippen molar-refractivity contribution in [1.29, 1.82) is 0 Å². The molecule has 102 valence electrons. The van der Waals surface area contributed by atoms with Gasteiger partial charge in [-0.05, 0) is 44.1 Å². The first-order chi connectivity index (χ1) is 8.07. The highest BCUT2D eigenvalue weighted by Crippen LogP contribution is 2.37. The van der Waals surface area contributed by atoms with Crippen LogP contribution in [-0.4, -0.2) is 30.1 Å². The van der Waals surface area contributed by atoms with E-state index in [2.05, 4.69) is 32.6 Å². The summed E-state index contributed by atoms with van der Waals surface area (Å²) in [6, 6.07) is 0. The van der Waals surface area contributed by atoms with Crippen molar-refractivity contribution in [3.05, 3.63) is 0 Å². The lowest BCUT2D eigenvalue weighted by Crippen LogP contribution is -2.56. The lowest BCUT2D eigenvalue weighted by molar-refractivity contribution is 0.0368. The zero-order chi connectivity index (χ0) is 12.9. The summed E-state index contributed by atoms with van der Waals surface area (Å²) in [6.07, 6.45) is 6.71. The van der Waals surface area contributed by atoms with Gasteiger partial charge in [0.1, 0.15) is 0 Å². The Balaban J connectivity index is 2.67. The summed E-state index contributed by atoms with van der Waals surface area (Å²) in [5.74, 6) is 1.69. The van der Waals surface area contributed by atoms with E-state index in [-0.39, 0.29) is 0 Å². The monoisotopic (exact) mass is 240 g/mol. The molecule has 1 saturated carbocycles. The minimum Gasteiger partial charge on any atom is -0.329 e. The van der Waals surface area contributed by atoms with Crippen molar-refractivity contribution < 1.29 is 0 Å². The van der Waals surface area contributed by atoms with E-state index in [4.69, 9.17) is 5.73 Å². The first kappa shape index (κ1) is 15.0. The highest BCUT2D eigenvalue weighted by atomic mass is 15.2. The third-order valence-electron chi connectivity index (χ3n) is 4.63. The van der Waals surface area contributed by atoms with Crippen LogP contribution in [0.25, 0.3) is 0 Å². The smallest absolute Gasteiger partial charge is 0.0331 e. The van der Waals surface area contributed by atoms with E-state index in [9.17, 15) is 0 Å². The van der Waals surface area contributed by atoms with E-state index in [1.807, 2.05) is 0 Å². The Hall–Kier alpha value is -0.0800. The van der Waals surface area contributed by atoms with Crippen LogP contribution in [0.4, 0.5) is 0 Å². The second kappa shape index (κ2) is 6.75. The summed E-state index contributed by atoms with van der Waals surface area (Å²) in [4.78, 5) is 2.66. The first-order valence-corrected chi connectivity index (χ1v) is 7.53. The van der Waals surface area contributed by atoms with E-state index in [0.29, 0.717) is 5.54 Å². The van der Waals surface area contributed by atoms with Gasteiger partial charge in [-0.15, -0.1) is 0 Å². The van der Waals surface area contributed by atoms with Crippen molar-refractivity contribution in [3.63, 3.8) is 0 Å². The van der Waals surface area contributed by atoms with Crippen LogP contribution in [0, 0.1) is 11.8 Å². The van der Waals surface area contributed by atoms with Gasteiger partial charge < -0.3 is 5.73 Å². The van der Waals surface area contributed by atoms with Crippen molar-refractivity contribution in [1.82, 2.24) is 4.90 Å². The van der Waals surface area contributed by atoms with Crippen LogP contribution in [0.2, 0.25) is 0 Å². The molecule has 0 atom stereocenters. The van der Waals surface area contributed by atoms with Crippen LogP contribution >= 0.6 is 0 Å². The molecule has 0 heterocycles. The van der Waals surface area contributed by atoms with E-state index in [0.717, 1.165) is 24.9 Å². The normalized spacial score (nSPS) is 30.2. The second-order valence-electron chi connectivity index (χ2n) is 6.21. The maximum atomic E-state index is 6.14. The van der Waals surface area contributed by atoms with Crippen molar-refractivity contribution in [2.24, 2.45) is 17.6 Å². The number of nitrogens with zero attached hydrogens (tertiary/aromatic N) is 1. The van der Waals surface area contributed by atoms with Gasteiger partial charge in [-0.1, -0.05) is 34.1 Å². The van der Waals surface area contributed by atoms with Crippen LogP contribution in [0.15, 0.2) is 0 Å². The van der Waals surface area contributed by atoms with Crippen LogP contribution in [-0.2, 0) is 0 Å². The summed E-state index contributed by atoms with van der Waals surface area (Å²) in [5, 5.41) is 0. The summed E-state index contributed by atoms with van der Waals surface area (Å²) < 4.78 is 0. The Morgan fingerprint density at radius 3 is 2.18 bits per heavy atom. The Morgan fingerprint density at radius 2 is 1.82 bits per heavy atom. The summed E-state index contributed by atoms with van der Waals surface area (Å²) in [6.45, 7) is 12.4. The van der Waals surface area contributed by atoms with Crippen molar-refractivity contribution in [3.8, 4) is 0 Å². The molecular weight excluding hydrogens is 208 g/mol. The van der Waals surface area contributed by atoms with Gasteiger partial charge >= 0.3 is 0 Å². The fourth-order valence-corrected chi connectivity index (χ4v) is 3.37. The molecule has 0 aromatic heterocycles. The topological polar surface area (TPSA) is 29.3 Å². The zero-order valence-electron chi connectivity index (χ0n) is 12.3. The average molecular weight is 240 g/mol. The molecule has 1 aliphatic rings. The van der Waals surface area contributed by atoms with Crippen molar-refractivity contribution in [2.45, 2.75) is 65.3 Å². The Labute approximate surface area is 108 Å². The molecule has 1 aliphatic carbocycles. The molecule has 0 aliphatic heterocycles. The van der Waals surface area contributed by atoms with Gasteiger partial charge in [0.2, 0.25) is 0 Å². The Kier molecular flexibility index (Phi) is 5.94. The fraction of sp³-hybridized carbons (Fsp3) is 1.00. The van der Waals surface area contributed by atoms with Crippen LogP contribution in [0.5, 0.6) is 0 Å². The van der Waals surface area contributed by atoms with Gasteiger partial charge in [-0.3, -0.25) is 4.90 Å². The molecule has 2 N–H and O–H groups in total. The molecule has 2 nitrogen and oxygen atoms in total. The molecule has 0 saturated heterocycles. The van der Waals surface area contributed by atoms with Gasteiger partial charge in [0.05, 0.1) is 0 Å². The molecule has 0 aromatic rings.